The zero-order valence-electron chi connectivity index (χ0n) is 10.9. The smallest absolute Gasteiger partial charge is 0.147 e. The molecular formula is C15H11ClFN3S. The molecule has 3 nitrogen and oxygen atoms in total. The number of anilines is 1. The van der Waals surface area contributed by atoms with Crippen LogP contribution in [-0.4, -0.2) is 9.97 Å². The molecule has 0 fully saturated rings. The van der Waals surface area contributed by atoms with Gasteiger partial charge in [0.15, 0.2) is 0 Å². The fourth-order valence-corrected chi connectivity index (χ4v) is 2.77. The van der Waals surface area contributed by atoms with E-state index in [0.717, 1.165) is 16.4 Å². The summed E-state index contributed by atoms with van der Waals surface area (Å²) in [6, 6.07) is 10.2. The largest absolute Gasteiger partial charge is 0.377 e. The maximum absolute atomic E-state index is 13.6. The van der Waals surface area contributed by atoms with Gasteiger partial charge < -0.3 is 5.32 Å². The van der Waals surface area contributed by atoms with Gasteiger partial charge in [-0.05, 0) is 30.3 Å². The topological polar surface area (TPSA) is 37.8 Å². The molecule has 1 aromatic carbocycles. The van der Waals surface area contributed by atoms with Gasteiger partial charge in [0, 0.05) is 16.6 Å². The van der Waals surface area contributed by atoms with Gasteiger partial charge in [0.25, 0.3) is 0 Å². The van der Waals surface area contributed by atoms with Crippen LogP contribution in [0.2, 0.25) is 5.02 Å². The molecule has 0 unspecified atom stereocenters. The molecule has 0 bridgehead atoms. The predicted molar refractivity (Wildman–Crippen MR) is 84.1 cm³/mol. The van der Waals surface area contributed by atoms with Gasteiger partial charge in [-0.3, -0.25) is 4.98 Å². The number of pyridine rings is 1. The first-order valence-electron chi connectivity index (χ1n) is 6.27. The summed E-state index contributed by atoms with van der Waals surface area (Å²) in [5.41, 5.74) is 2.09. The van der Waals surface area contributed by atoms with Crippen LogP contribution in [0, 0.1) is 5.82 Å². The number of aromatic nitrogens is 2. The molecule has 0 saturated heterocycles. The molecule has 0 atom stereocenters. The molecular weight excluding hydrogens is 309 g/mol. The summed E-state index contributed by atoms with van der Waals surface area (Å²) in [5.74, 6) is -0.373. The number of hydrogen-bond acceptors (Lipinski definition) is 4. The Morgan fingerprint density at radius 1 is 1.24 bits per heavy atom. The third-order valence-corrected chi connectivity index (χ3v) is 3.98. The Balaban J connectivity index is 1.70. The van der Waals surface area contributed by atoms with Crippen molar-refractivity contribution in [3.8, 4) is 10.7 Å². The van der Waals surface area contributed by atoms with Crippen molar-refractivity contribution in [1.29, 1.82) is 0 Å². The number of thiazole rings is 1. The minimum absolute atomic E-state index is 0.373. The molecule has 0 aliphatic rings. The monoisotopic (exact) mass is 319 g/mol. The van der Waals surface area contributed by atoms with E-state index < -0.39 is 0 Å². The Morgan fingerprint density at radius 2 is 2.14 bits per heavy atom. The number of halogens is 2. The summed E-state index contributed by atoms with van der Waals surface area (Å²) in [6.45, 7) is 0.446. The van der Waals surface area contributed by atoms with Crippen molar-refractivity contribution in [3.63, 3.8) is 0 Å². The van der Waals surface area contributed by atoms with Crippen LogP contribution in [0.15, 0.2) is 48.0 Å². The molecule has 0 amide bonds. The van der Waals surface area contributed by atoms with Gasteiger partial charge in [-0.25, -0.2) is 9.37 Å². The Labute approximate surface area is 130 Å². The standard InChI is InChI=1S/C15H11ClFN3S/c16-10-4-5-13(12(17)7-10)19-8-11-9-21-15(20-11)14-3-1-2-6-18-14/h1-7,9,19H,8H2. The Hall–Kier alpha value is -1.98. The maximum Gasteiger partial charge on any atom is 0.147 e. The number of nitrogens with one attached hydrogen (secondary N) is 1. The summed E-state index contributed by atoms with van der Waals surface area (Å²) in [7, 11) is 0. The van der Waals surface area contributed by atoms with Gasteiger partial charge >= 0.3 is 0 Å². The highest BCUT2D eigenvalue weighted by atomic mass is 35.5. The van der Waals surface area contributed by atoms with Crippen LogP contribution in [0.3, 0.4) is 0 Å². The Bertz CT molecular complexity index is 746. The summed E-state index contributed by atoms with van der Waals surface area (Å²) in [6.07, 6.45) is 1.73. The number of rotatable bonds is 4. The van der Waals surface area contributed by atoms with Crippen LogP contribution in [0.4, 0.5) is 10.1 Å². The van der Waals surface area contributed by atoms with Crippen LogP contribution < -0.4 is 5.32 Å². The highest BCUT2D eigenvalue weighted by Crippen LogP contribution is 2.23. The van der Waals surface area contributed by atoms with Crippen LogP contribution in [0.1, 0.15) is 5.69 Å². The fraction of sp³-hybridized carbons (Fsp3) is 0.0667. The number of nitrogens with zero attached hydrogens (tertiary/aromatic N) is 2. The third-order valence-electron chi connectivity index (χ3n) is 2.83. The minimum atomic E-state index is -0.373. The van der Waals surface area contributed by atoms with Gasteiger partial charge in [-0.1, -0.05) is 17.7 Å². The normalized spacial score (nSPS) is 10.6. The molecule has 106 valence electrons. The molecule has 2 aromatic heterocycles. The zero-order valence-corrected chi connectivity index (χ0v) is 12.5. The number of benzene rings is 1. The highest BCUT2D eigenvalue weighted by molar-refractivity contribution is 7.13. The van der Waals surface area contributed by atoms with Gasteiger partial charge in [0.2, 0.25) is 0 Å². The average molecular weight is 320 g/mol. The van der Waals surface area contributed by atoms with Crippen molar-refractivity contribution in [2.24, 2.45) is 0 Å². The van der Waals surface area contributed by atoms with Gasteiger partial charge in [-0.2, -0.15) is 0 Å². The second-order valence-corrected chi connectivity index (χ2v) is 5.63. The summed E-state index contributed by atoms with van der Waals surface area (Å²) in [4.78, 5) is 8.75. The second kappa shape index (κ2) is 6.20. The molecule has 0 radical (unpaired) electrons. The summed E-state index contributed by atoms with van der Waals surface area (Å²) >= 11 is 7.24. The van der Waals surface area contributed by atoms with E-state index >= 15 is 0 Å². The molecule has 6 heteroatoms. The Kier molecular flexibility index (Phi) is 4.13. The van der Waals surface area contributed by atoms with Crippen LogP contribution in [0.25, 0.3) is 10.7 Å². The molecule has 0 saturated carbocycles. The lowest BCUT2D eigenvalue weighted by Gasteiger charge is -2.05. The molecule has 3 aromatic rings. The second-order valence-electron chi connectivity index (χ2n) is 4.34. The molecule has 3 rings (SSSR count). The minimum Gasteiger partial charge on any atom is -0.377 e. The Morgan fingerprint density at radius 3 is 2.90 bits per heavy atom. The van der Waals surface area contributed by atoms with Crippen molar-refractivity contribution >= 4 is 28.6 Å². The predicted octanol–water partition coefficient (Wildman–Crippen LogP) is 4.61. The maximum atomic E-state index is 13.6. The molecule has 1 N–H and O–H groups in total. The lowest BCUT2D eigenvalue weighted by atomic mass is 10.3. The van der Waals surface area contributed by atoms with Gasteiger partial charge in [0.1, 0.15) is 10.8 Å². The van der Waals surface area contributed by atoms with E-state index in [1.54, 1.807) is 18.3 Å². The van der Waals surface area contributed by atoms with E-state index in [2.05, 4.69) is 15.3 Å². The SMILES string of the molecule is Fc1cc(Cl)ccc1NCc1csc(-c2ccccn2)n1. The third kappa shape index (κ3) is 3.37. The highest BCUT2D eigenvalue weighted by Gasteiger charge is 2.07. The number of hydrogen-bond donors (Lipinski definition) is 1. The molecule has 0 aliphatic carbocycles. The van der Waals surface area contributed by atoms with Crippen molar-refractivity contribution in [3.05, 3.63) is 64.5 Å². The van der Waals surface area contributed by atoms with E-state index in [0.29, 0.717) is 17.3 Å². The summed E-state index contributed by atoms with van der Waals surface area (Å²) < 4.78 is 13.6. The van der Waals surface area contributed by atoms with Crippen LogP contribution >= 0.6 is 22.9 Å². The molecule has 21 heavy (non-hydrogen) atoms. The van der Waals surface area contributed by atoms with Crippen molar-refractivity contribution in [2.45, 2.75) is 6.54 Å². The lowest BCUT2D eigenvalue weighted by molar-refractivity contribution is 0.630. The molecule has 2 heterocycles. The van der Waals surface area contributed by atoms with Crippen molar-refractivity contribution in [1.82, 2.24) is 9.97 Å². The van der Waals surface area contributed by atoms with E-state index in [1.807, 2.05) is 23.6 Å². The fourth-order valence-electron chi connectivity index (χ4n) is 1.81. The first-order chi connectivity index (χ1) is 10.2. The van der Waals surface area contributed by atoms with Crippen molar-refractivity contribution < 1.29 is 4.39 Å². The van der Waals surface area contributed by atoms with Gasteiger partial charge in [0.05, 0.1) is 23.6 Å². The molecule has 0 spiro atoms. The van der Waals surface area contributed by atoms with Gasteiger partial charge in [-0.15, -0.1) is 11.3 Å². The first-order valence-corrected chi connectivity index (χ1v) is 7.53. The van der Waals surface area contributed by atoms with Crippen molar-refractivity contribution in [2.75, 3.05) is 5.32 Å². The quantitative estimate of drug-likeness (QED) is 0.763. The van der Waals surface area contributed by atoms with Crippen LogP contribution in [0.5, 0.6) is 0 Å². The van der Waals surface area contributed by atoms with Crippen LogP contribution in [-0.2, 0) is 6.54 Å². The molecule has 0 aliphatic heterocycles. The van der Waals surface area contributed by atoms with E-state index in [1.165, 1.54) is 17.4 Å². The average Bonchev–Trinajstić information content (AvgIpc) is 2.96. The first kappa shape index (κ1) is 14.0. The van der Waals surface area contributed by atoms with E-state index in [-0.39, 0.29) is 5.82 Å². The van der Waals surface area contributed by atoms with E-state index in [4.69, 9.17) is 11.6 Å². The zero-order chi connectivity index (χ0) is 14.7. The summed E-state index contributed by atoms with van der Waals surface area (Å²) in [5, 5.41) is 6.18. The lowest BCUT2D eigenvalue weighted by Crippen LogP contribution is -2.01. The van der Waals surface area contributed by atoms with E-state index in [9.17, 15) is 4.39 Å².